The van der Waals surface area contributed by atoms with Crippen molar-refractivity contribution in [2.75, 3.05) is 26.3 Å². The first-order chi connectivity index (χ1) is 17.6. The molecule has 2 saturated heterocycles. The van der Waals surface area contributed by atoms with E-state index in [-0.39, 0.29) is 41.9 Å². The van der Waals surface area contributed by atoms with Crippen LogP contribution >= 0.6 is 0 Å². The van der Waals surface area contributed by atoms with Crippen LogP contribution < -0.4 is 16.8 Å². The summed E-state index contributed by atoms with van der Waals surface area (Å²) in [6.07, 6.45) is 7.47. The largest absolute Gasteiger partial charge is 0.385 e. The van der Waals surface area contributed by atoms with Crippen LogP contribution in [-0.2, 0) is 14.3 Å². The van der Waals surface area contributed by atoms with Gasteiger partial charge >= 0.3 is 6.03 Å². The van der Waals surface area contributed by atoms with Crippen LogP contribution in [0.25, 0.3) is 0 Å². The Morgan fingerprint density at radius 1 is 1.05 bits per heavy atom. The van der Waals surface area contributed by atoms with Crippen LogP contribution in [0.2, 0.25) is 0 Å². The van der Waals surface area contributed by atoms with Crippen LogP contribution in [0.5, 0.6) is 0 Å². The highest BCUT2D eigenvalue weighted by atomic mass is 19.1. The first-order valence-electron chi connectivity index (χ1n) is 13.5. The lowest BCUT2D eigenvalue weighted by Gasteiger charge is -2.57. The van der Waals surface area contributed by atoms with E-state index in [4.69, 9.17) is 16.2 Å². The molecular formula is C26H37FN6O4. The molecular weight excluding hydrogens is 479 g/mol. The van der Waals surface area contributed by atoms with E-state index < -0.39 is 29.1 Å². The second-order valence-electron chi connectivity index (χ2n) is 11.9. The highest BCUT2D eigenvalue weighted by molar-refractivity contribution is 6.29. The summed E-state index contributed by atoms with van der Waals surface area (Å²) in [7, 11) is 0. The predicted molar refractivity (Wildman–Crippen MR) is 131 cm³/mol. The molecule has 11 heteroatoms. The maximum atomic E-state index is 15.0. The smallest absolute Gasteiger partial charge is 0.334 e. The molecule has 3 aliphatic carbocycles. The number of rotatable bonds is 6. The normalized spacial score (nSPS) is 34.2. The molecule has 5 rings (SSSR count). The number of halogens is 1. The Labute approximate surface area is 216 Å². The van der Waals surface area contributed by atoms with Crippen LogP contribution in [0.1, 0.15) is 70.6 Å². The van der Waals surface area contributed by atoms with Gasteiger partial charge in [-0.3, -0.25) is 24.7 Å². The van der Waals surface area contributed by atoms with Gasteiger partial charge in [-0.2, -0.15) is 5.26 Å². The summed E-state index contributed by atoms with van der Waals surface area (Å²) in [4.78, 5) is 41.8. The Morgan fingerprint density at radius 2 is 1.70 bits per heavy atom. The standard InChI is InChI=1S/C26H37FN6O4/c27-25(8-10-37-11-9-25)16-31-26(15-28)13-24(14-26)6-4-18(5-7-24)33-22(35)19(20(29)30)21(34)32(23(33)36)12-17-2-1-3-17/h17-18,31H,1-14,16,29-30H2. The minimum atomic E-state index is -1.35. The highest BCUT2D eigenvalue weighted by Crippen LogP contribution is 2.57. The number of amides is 4. The Morgan fingerprint density at radius 3 is 2.24 bits per heavy atom. The van der Waals surface area contributed by atoms with Crippen molar-refractivity contribution in [2.24, 2.45) is 22.8 Å². The third kappa shape index (κ3) is 4.70. The average Bonchev–Trinajstić information content (AvgIpc) is 2.81. The van der Waals surface area contributed by atoms with Crippen molar-refractivity contribution in [2.45, 2.75) is 87.9 Å². The van der Waals surface area contributed by atoms with Crippen LogP contribution in [0.4, 0.5) is 9.18 Å². The molecule has 0 aromatic rings. The van der Waals surface area contributed by atoms with Crippen molar-refractivity contribution < 1.29 is 23.5 Å². The monoisotopic (exact) mass is 516 g/mol. The molecule has 4 amide bonds. The van der Waals surface area contributed by atoms with Gasteiger partial charge in [0.15, 0.2) is 0 Å². The third-order valence-electron chi connectivity index (χ3n) is 9.36. The first-order valence-corrected chi connectivity index (χ1v) is 13.5. The molecule has 2 heterocycles. The molecule has 10 nitrogen and oxygen atoms in total. The maximum Gasteiger partial charge on any atom is 0.334 e. The van der Waals surface area contributed by atoms with Crippen LogP contribution in [0.3, 0.4) is 0 Å². The number of ether oxygens (including phenoxy) is 1. The number of nitrogens with one attached hydrogen (secondary N) is 1. The number of nitriles is 1. The third-order valence-corrected chi connectivity index (χ3v) is 9.36. The number of carbonyl (C=O) groups excluding carboxylic acids is 3. The lowest BCUT2D eigenvalue weighted by atomic mass is 9.52. The van der Waals surface area contributed by atoms with Crippen molar-refractivity contribution >= 4 is 17.8 Å². The molecule has 5 aliphatic rings. The number of alkyl halides is 1. The molecule has 0 bridgehead atoms. The minimum absolute atomic E-state index is 0.0761. The number of urea groups is 1. The minimum Gasteiger partial charge on any atom is -0.385 e. The molecule has 1 spiro atoms. The summed E-state index contributed by atoms with van der Waals surface area (Å²) < 4.78 is 20.3. The fourth-order valence-electron chi connectivity index (χ4n) is 6.85. The van der Waals surface area contributed by atoms with Gasteiger partial charge in [0.05, 0.1) is 6.07 Å². The zero-order valence-electron chi connectivity index (χ0n) is 21.3. The van der Waals surface area contributed by atoms with Gasteiger partial charge in [-0.25, -0.2) is 9.18 Å². The number of hydrogen-bond donors (Lipinski definition) is 3. The summed E-state index contributed by atoms with van der Waals surface area (Å²) in [6, 6.07) is 1.44. The zero-order valence-corrected chi connectivity index (χ0v) is 21.3. The van der Waals surface area contributed by atoms with E-state index in [1.807, 2.05) is 0 Å². The number of barbiturate groups is 1. The van der Waals surface area contributed by atoms with Gasteiger partial charge in [0.25, 0.3) is 11.8 Å². The SMILES string of the molecule is N#CC1(NCC2(F)CCOCC2)CC2(CCC(N3C(=O)C(=C(N)N)C(=O)N(CC4CCC4)C3=O)CC2)C1. The summed E-state index contributed by atoms with van der Waals surface area (Å²) in [6.45, 7) is 1.20. The zero-order chi connectivity index (χ0) is 26.4. The molecule has 5 fully saturated rings. The van der Waals surface area contributed by atoms with Crippen molar-refractivity contribution in [3.63, 3.8) is 0 Å². The first kappa shape index (κ1) is 25.9. The molecule has 0 aromatic carbocycles. The molecule has 0 radical (unpaired) electrons. The summed E-state index contributed by atoms with van der Waals surface area (Å²) in [5, 5.41) is 13.1. The quantitative estimate of drug-likeness (QED) is 0.357. The van der Waals surface area contributed by atoms with Crippen molar-refractivity contribution in [3.05, 3.63) is 11.4 Å². The van der Waals surface area contributed by atoms with Gasteiger partial charge in [-0.15, -0.1) is 0 Å². The van der Waals surface area contributed by atoms with Gasteiger partial charge in [0, 0.05) is 45.2 Å². The number of carbonyl (C=O) groups is 3. The summed E-state index contributed by atoms with van der Waals surface area (Å²) in [5.41, 5.74) is 8.93. The molecule has 0 unspecified atom stereocenters. The summed E-state index contributed by atoms with van der Waals surface area (Å²) in [5.74, 6) is -1.54. The van der Waals surface area contributed by atoms with E-state index in [9.17, 15) is 19.6 Å². The lowest BCUT2D eigenvalue weighted by Crippen LogP contribution is -2.65. The Bertz CT molecular complexity index is 1020. The number of nitrogens with two attached hydrogens (primary N) is 2. The fourth-order valence-corrected chi connectivity index (χ4v) is 6.85. The van der Waals surface area contributed by atoms with E-state index in [1.54, 1.807) is 0 Å². The predicted octanol–water partition coefficient (Wildman–Crippen LogP) is 1.80. The van der Waals surface area contributed by atoms with Crippen LogP contribution in [0, 0.1) is 22.7 Å². The van der Waals surface area contributed by atoms with E-state index in [2.05, 4.69) is 11.4 Å². The highest BCUT2D eigenvalue weighted by Gasteiger charge is 2.57. The van der Waals surface area contributed by atoms with E-state index >= 15 is 4.39 Å². The molecule has 0 atom stereocenters. The van der Waals surface area contributed by atoms with Crippen molar-refractivity contribution in [1.82, 2.24) is 15.1 Å². The number of nitrogens with zero attached hydrogens (tertiary/aromatic N) is 3. The number of hydrogen-bond acceptors (Lipinski definition) is 8. The van der Waals surface area contributed by atoms with E-state index in [0.717, 1.165) is 37.0 Å². The van der Waals surface area contributed by atoms with Gasteiger partial charge in [0.2, 0.25) is 0 Å². The van der Waals surface area contributed by atoms with Crippen LogP contribution in [0.15, 0.2) is 11.4 Å². The number of imide groups is 2. The van der Waals surface area contributed by atoms with Gasteiger partial charge in [0.1, 0.15) is 22.6 Å². The molecule has 0 aromatic heterocycles. The molecule has 3 saturated carbocycles. The topological polar surface area (TPSA) is 155 Å². The molecule has 2 aliphatic heterocycles. The summed E-state index contributed by atoms with van der Waals surface area (Å²) >= 11 is 0. The Hall–Kier alpha value is -2.71. The Kier molecular flexibility index (Phi) is 6.69. The van der Waals surface area contributed by atoms with E-state index in [1.165, 1.54) is 4.90 Å². The average molecular weight is 517 g/mol. The van der Waals surface area contributed by atoms with Gasteiger partial charge < -0.3 is 16.2 Å². The van der Waals surface area contributed by atoms with Crippen LogP contribution in [-0.4, -0.2) is 71.2 Å². The second-order valence-corrected chi connectivity index (χ2v) is 11.9. The fraction of sp³-hybridized carbons (Fsp3) is 0.769. The van der Waals surface area contributed by atoms with Crippen molar-refractivity contribution in [1.29, 1.82) is 5.26 Å². The molecule has 37 heavy (non-hydrogen) atoms. The Balaban J connectivity index is 1.23. The van der Waals surface area contributed by atoms with Gasteiger partial charge in [-0.05, 0) is 62.7 Å². The van der Waals surface area contributed by atoms with Crippen molar-refractivity contribution in [3.8, 4) is 6.07 Å². The van der Waals surface area contributed by atoms with Gasteiger partial charge in [-0.1, -0.05) is 6.42 Å². The lowest BCUT2D eigenvalue weighted by molar-refractivity contribution is -0.139. The second kappa shape index (κ2) is 9.55. The molecule has 202 valence electrons. The van der Waals surface area contributed by atoms with E-state index in [0.29, 0.717) is 51.7 Å². The maximum absolute atomic E-state index is 15.0. The molecule has 5 N–H and O–H groups in total.